The van der Waals surface area contributed by atoms with Gasteiger partial charge in [0.15, 0.2) is 5.69 Å². The summed E-state index contributed by atoms with van der Waals surface area (Å²) in [5.41, 5.74) is 3.99. The number of amides is 1. The van der Waals surface area contributed by atoms with E-state index < -0.39 is 11.9 Å². The van der Waals surface area contributed by atoms with E-state index in [-0.39, 0.29) is 17.5 Å². The first-order valence-electron chi connectivity index (χ1n) is 10.6. The number of halogens is 4. The van der Waals surface area contributed by atoms with Crippen LogP contribution in [0, 0.1) is 13.8 Å². The van der Waals surface area contributed by atoms with Crippen molar-refractivity contribution >= 4 is 21.8 Å². The number of carbonyl (C=O) groups is 1. The molecule has 0 N–H and O–H groups in total. The zero-order chi connectivity index (χ0) is 24.1. The Labute approximate surface area is 198 Å². The fraction of sp³-hybridized carbons (Fsp3) is 0.375. The van der Waals surface area contributed by atoms with E-state index in [2.05, 4.69) is 26.0 Å². The van der Waals surface area contributed by atoms with Gasteiger partial charge in [-0.1, -0.05) is 15.9 Å². The van der Waals surface area contributed by atoms with Crippen LogP contribution in [0.4, 0.5) is 13.2 Å². The minimum absolute atomic E-state index is 0.00526. The Morgan fingerprint density at radius 1 is 1.12 bits per heavy atom. The Kier molecular flexibility index (Phi) is 6.11. The Morgan fingerprint density at radius 3 is 2.45 bits per heavy atom. The molecule has 9 heteroatoms. The highest BCUT2D eigenvalue weighted by atomic mass is 79.9. The summed E-state index contributed by atoms with van der Waals surface area (Å²) in [5, 5.41) is 4.07. The van der Waals surface area contributed by atoms with Crippen molar-refractivity contribution in [3.8, 4) is 11.1 Å². The summed E-state index contributed by atoms with van der Waals surface area (Å²) in [6.07, 6.45) is -2.78. The van der Waals surface area contributed by atoms with Gasteiger partial charge in [-0.05, 0) is 73.7 Å². The lowest BCUT2D eigenvalue weighted by Gasteiger charge is -2.34. The fourth-order valence-corrected chi connectivity index (χ4v) is 4.83. The van der Waals surface area contributed by atoms with Crippen LogP contribution in [0.15, 0.2) is 30.5 Å². The zero-order valence-corrected chi connectivity index (χ0v) is 20.4. The van der Waals surface area contributed by atoms with Gasteiger partial charge in [-0.3, -0.25) is 14.5 Å². The monoisotopic (exact) mass is 520 g/mol. The lowest BCUT2D eigenvalue weighted by molar-refractivity contribution is -0.140. The Bertz CT molecular complexity index is 1210. The van der Waals surface area contributed by atoms with Crippen molar-refractivity contribution in [3.05, 3.63) is 69.8 Å². The van der Waals surface area contributed by atoms with Gasteiger partial charge in [0.25, 0.3) is 5.91 Å². The Morgan fingerprint density at radius 2 is 1.82 bits per heavy atom. The number of rotatable bonds is 4. The quantitative estimate of drug-likeness (QED) is 0.410. The van der Waals surface area contributed by atoms with Crippen LogP contribution in [0.3, 0.4) is 0 Å². The average Bonchev–Trinajstić information content (AvgIpc) is 3.14. The largest absolute Gasteiger partial charge is 0.435 e. The first-order chi connectivity index (χ1) is 15.5. The molecule has 1 aromatic carbocycles. The van der Waals surface area contributed by atoms with Crippen molar-refractivity contribution < 1.29 is 18.0 Å². The topological polar surface area (TPSA) is 51.0 Å². The van der Waals surface area contributed by atoms with Gasteiger partial charge in [-0.25, -0.2) is 0 Å². The molecule has 2 aromatic heterocycles. The minimum Gasteiger partial charge on any atom is -0.330 e. The molecule has 33 heavy (non-hydrogen) atoms. The van der Waals surface area contributed by atoms with Crippen molar-refractivity contribution in [3.63, 3.8) is 0 Å². The van der Waals surface area contributed by atoms with Crippen molar-refractivity contribution in [2.24, 2.45) is 7.05 Å². The van der Waals surface area contributed by atoms with Crippen LogP contribution in [0.25, 0.3) is 11.1 Å². The number of aromatic nitrogens is 3. The molecular weight excluding hydrogens is 497 g/mol. The molecule has 1 aliphatic heterocycles. The molecule has 0 unspecified atom stereocenters. The minimum atomic E-state index is -4.60. The van der Waals surface area contributed by atoms with Gasteiger partial charge in [0.1, 0.15) is 0 Å². The fourth-order valence-electron chi connectivity index (χ4n) is 4.51. The molecule has 1 aliphatic rings. The molecule has 5 nitrogen and oxygen atoms in total. The summed E-state index contributed by atoms with van der Waals surface area (Å²) in [5.74, 6) is -0.203. The molecule has 4 rings (SSSR count). The van der Waals surface area contributed by atoms with Crippen LogP contribution in [-0.4, -0.2) is 32.1 Å². The molecule has 3 aromatic rings. The second kappa shape index (κ2) is 8.59. The third-order valence-corrected chi connectivity index (χ3v) is 6.61. The zero-order valence-electron chi connectivity index (χ0n) is 18.8. The predicted molar refractivity (Wildman–Crippen MR) is 123 cm³/mol. The van der Waals surface area contributed by atoms with Gasteiger partial charge in [-0.2, -0.15) is 18.3 Å². The number of pyridine rings is 1. The van der Waals surface area contributed by atoms with E-state index in [0.29, 0.717) is 35.0 Å². The third-order valence-electron chi connectivity index (χ3n) is 5.96. The summed E-state index contributed by atoms with van der Waals surface area (Å²) >= 11 is 3.39. The first-order valence-corrected chi connectivity index (χ1v) is 11.7. The third kappa shape index (κ3) is 4.43. The highest BCUT2D eigenvalue weighted by Gasteiger charge is 2.39. The summed E-state index contributed by atoms with van der Waals surface area (Å²) in [4.78, 5) is 19.9. The van der Waals surface area contributed by atoms with Crippen LogP contribution in [0.2, 0.25) is 0 Å². The molecule has 0 bridgehead atoms. The maximum absolute atomic E-state index is 13.7. The lowest BCUT2D eigenvalue weighted by Crippen LogP contribution is -2.40. The van der Waals surface area contributed by atoms with Gasteiger partial charge >= 0.3 is 6.18 Å². The number of fused-ring (bicyclic) bond motifs is 1. The van der Waals surface area contributed by atoms with E-state index in [1.165, 1.54) is 13.2 Å². The second-order valence-electron chi connectivity index (χ2n) is 8.50. The SMILES string of the molecule is Cc1cc(C)nc([C@@H](C)N2CCc3c(cc(CBr)cc3-c3cn(C)nc3C(F)(F)F)C2=O)c1. The van der Waals surface area contributed by atoms with Crippen LogP contribution >= 0.6 is 15.9 Å². The number of carbonyl (C=O) groups excluding carboxylic acids is 1. The van der Waals surface area contributed by atoms with Gasteiger partial charge in [0.2, 0.25) is 0 Å². The van der Waals surface area contributed by atoms with Crippen molar-refractivity contribution in [1.29, 1.82) is 0 Å². The molecule has 1 atom stereocenters. The number of hydrogen-bond donors (Lipinski definition) is 0. The number of hydrogen-bond acceptors (Lipinski definition) is 3. The van der Waals surface area contributed by atoms with Crippen molar-refractivity contribution in [2.75, 3.05) is 6.54 Å². The highest BCUT2D eigenvalue weighted by Crippen LogP contribution is 2.40. The highest BCUT2D eigenvalue weighted by molar-refractivity contribution is 9.08. The van der Waals surface area contributed by atoms with Crippen LogP contribution < -0.4 is 0 Å². The number of benzene rings is 1. The normalized spacial score (nSPS) is 15.0. The van der Waals surface area contributed by atoms with Crippen molar-refractivity contribution in [1.82, 2.24) is 19.7 Å². The standard InChI is InChI=1S/C24H24BrF3N4O/c1-13-7-14(2)29-21(8-13)15(3)32-6-5-17-18(9-16(11-25)10-19(17)23(32)33)20-12-31(4)30-22(20)24(26,27)28/h7-10,12,15H,5-6,11H2,1-4H3/t15-/m1/s1. The summed E-state index contributed by atoms with van der Waals surface area (Å²) in [7, 11) is 1.46. The van der Waals surface area contributed by atoms with Crippen LogP contribution in [0.5, 0.6) is 0 Å². The van der Waals surface area contributed by atoms with E-state index in [0.717, 1.165) is 27.2 Å². The molecule has 0 spiro atoms. The van der Waals surface area contributed by atoms with Gasteiger partial charge < -0.3 is 4.90 Å². The molecule has 0 radical (unpaired) electrons. The number of nitrogens with zero attached hydrogens (tertiary/aromatic N) is 4. The summed E-state index contributed by atoms with van der Waals surface area (Å²) < 4.78 is 42.2. The van der Waals surface area contributed by atoms with E-state index in [4.69, 9.17) is 0 Å². The maximum atomic E-state index is 13.7. The van der Waals surface area contributed by atoms with E-state index in [1.807, 2.05) is 32.9 Å². The summed E-state index contributed by atoms with van der Waals surface area (Å²) in [6, 6.07) is 7.17. The van der Waals surface area contributed by atoms with Gasteiger partial charge in [-0.15, -0.1) is 0 Å². The second-order valence-corrected chi connectivity index (χ2v) is 9.06. The van der Waals surface area contributed by atoms with Crippen LogP contribution in [-0.2, 0) is 25.0 Å². The van der Waals surface area contributed by atoms with E-state index in [1.54, 1.807) is 17.0 Å². The molecule has 174 valence electrons. The summed E-state index contributed by atoms with van der Waals surface area (Å²) in [6.45, 7) is 6.22. The molecule has 3 heterocycles. The van der Waals surface area contributed by atoms with Gasteiger partial charge in [0, 0.05) is 41.9 Å². The maximum Gasteiger partial charge on any atom is 0.435 e. The lowest BCUT2D eigenvalue weighted by atomic mass is 9.88. The van der Waals surface area contributed by atoms with Crippen molar-refractivity contribution in [2.45, 2.75) is 44.7 Å². The van der Waals surface area contributed by atoms with Crippen LogP contribution in [0.1, 0.15) is 57.1 Å². The average molecular weight is 521 g/mol. The molecule has 1 amide bonds. The molecular formula is C24H24BrF3N4O. The Balaban J connectivity index is 1.81. The first kappa shape index (κ1) is 23.5. The predicted octanol–water partition coefficient (Wildman–Crippen LogP) is 5.77. The molecule has 0 saturated heterocycles. The van der Waals surface area contributed by atoms with E-state index >= 15 is 0 Å². The number of aryl methyl sites for hydroxylation is 3. The molecule has 0 aliphatic carbocycles. The van der Waals surface area contributed by atoms with Gasteiger partial charge in [0.05, 0.1) is 11.7 Å². The van der Waals surface area contributed by atoms with E-state index in [9.17, 15) is 18.0 Å². The molecule has 0 fully saturated rings. The Hall–Kier alpha value is -2.68. The molecule has 0 saturated carbocycles. The number of alkyl halides is 4. The smallest absolute Gasteiger partial charge is 0.330 e.